The fraction of sp³-hybridized carbons (Fsp3) is 0.310. The lowest BCUT2D eigenvalue weighted by Crippen LogP contribution is -2.52. The summed E-state index contributed by atoms with van der Waals surface area (Å²) in [4.78, 5) is 28.3. The lowest BCUT2D eigenvalue weighted by molar-refractivity contribution is -0.140. The van der Waals surface area contributed by atoms with E-state index in [1.807, 2.05) is 6.92 Å². The van der Waals surface area contributed by atoms with E-state index in [9.17, 15) is 22.4 Å². The molecule has 0 aromatic heterocycles. The molecule has 39 heavy (non-hydrogen) atoms. The normalized spacial score (nSPS) is 12.0. The molecule has 3 rings (SSSR count). The van der Waals surface area contributed by atoms with E-state index < -0.39 is 34.3 Å². The molecule has 0 radical (unpaired) electrons. The number of carbonyl (C=O) groups is 2. The smallest absolute Gasteiger partial charge is 0.264 e. The van der Waals surface area contributed by atoms with Gasteiger partial charge in [0.25, 0.3) is 10.0 Å². The molecule has 2 amide bonds. The van der Waals surface area contributed by atoms with Crippen LogP contribution >= 0.6 is 11.6 Å². The molecule has 1 atom stereocenters. The molecule has 0 aliphatic rings. The Labute approximate surface area is 234 Å². The van der Waals surface area contributed by atoms with Gasteiger partial charge in [0, 0.05) is 18.1 Å². The first-order valence-corrected chi connectivity index (χ1v) is 14.6. The van der Waals surface area contributed by atoms with Crippen molar-refractivity contribution in [2.45, 2.75) is 50.6 Å². The number of para-hydroxylation sites is 1. The Morgan fingerprint density at radius 1 is 0.949 bits per heavy atom. The second-order valence-corrected chi connectivity index (χ2v) is 11.3. The van der Waals surface area contributed by atoms with Crippen LogP contribution in [0, 0.1) is 5.82 Å². The number of nitrogens with one attached hydrogen (secondary N) is 1. The van der Waals surface area contributed by atoms with E-state index >= 15 is 0 Å². The third kappa shape index (κ3) is 7.80. The summed E-state index contributed by atoms with van der Waals surface area (Å²) in [7, 11) is -4.33. The van der Waals surface area contributed by atoms with Crippen molar-refractivity contribution in [1.82, 2.24) is 10.2 Å². The monoisotopic (exact) mass is 573 g/mol. The largest absolute Gasteiger partial charge is 0.354 e. The molecular formula is C29H33ClFN3O4S. The Morgan fingerprint density at radius 3 is 2.21 bits per heavy atom. The molecule has 3 aromatic rings. The van der Waals surface area contributed by atoms with Crippen LogP contribution in [-0.2, 0) is 26.2 Å². The van der Waals surface area contributed by atoms with Crippen LogP contribution in [-0.4, -0.2) is 44.3 Å². The van der Waals surface area contributed by atoms with E-state index in [-0.39, 0.29) is 23.0 Å². The van der Waals surface area contributed by atoms with Crippen molar-refractivity contribution < 1.29 is 22.4 Å². The van der Waals surface area contributed by atoms with Gasteiger partial charge >= 0.3 is 0 Å². The summed E-state index contributed by atoms with van der Waals surface area (Å²) in [5.41, 5.74) is 0.442. The molecule has 7 nitrogen and oxygen atoms in total. The highest BCUT2D eigenvalue weighted by Crippen LogP contribution is 2.27. The standard InChI is InChI=1S/C29H33ClFN3O4S/c1-3-5-19-32-29(36)26(4-2)33(20-22-15-17-23(30)18-16-22)28(35)21-34(27-14-10-9-13-25(27)31)39(37,38)24-11-7-6-8-12-24/h6-18,26H,3-5,19-21H2,1-2H3,(H,32,36). The van der Waals surface area contributed by atoms with Crippen molar-refractivity contribution in [3.05, 3.63) is 95.3 Å². The van der Waals surface area contributed by atoms with Crippen LogP contribution in [0.1, 0.15) is 38.7 Å². The summed E-state index contributed by atoms with van der Waals surface area (Å²) < 4.78 is 43.1. The highest BCUT2D eigenvalue weighted by atomic mass is 35.5. The van der Waals surface area contributed by atoms with Crippen LogP contribution in [0.5, 0.6) is 0 Å². The summed E-state index contributed by atoms with van der Waals surface area (Å²) in [6.45, 7) is 3.57. The van der Waals surface area contributed by atoms with E-state index in [0.29, 0.717) is 23.6 Å². The first kappa shape index (κ1) is 30.1. The van der Waals surface area contributed by atoms with Gasteiger partial charge < -0.3 is 10.2 Å². The molecule has 1 N–H and O–H groups in total. The molecule has 208 valence electrons. The zero-order valence-corrected chi connectivity index (χ0v) is 23.6. The molecule has 0 bridgehead atoms. The molecule has 3 aromatic carbocycles. The molecule has 0 aliphatic carbocycles. The summed E-state index contributed by atoms with van der Waals surface area (Å²) in [5, 5.41) is 3.38. The first-order chi connectivity index (χ1) is 18.7. The Balaban J connectivity index is 2.03. The Morgan fingerprint density at radius 2 is 1.59 bits per heavy atom. The molecular weight excluding hydrogens is 541 g/mol. The molecule has 1 unspecified atom stereocenters. The highest BCUT2D eigenvalue weighted by Gasteiger charge is 2.34. The number of benzene rings is 3. The van der Waals surface area contributed by atoms with Gasteiger partial charge in [-0.2, -0.15) is 0 Å². The second kappa shape index (κ2) is 14.1. The van der Waals surface area contributed by atoms with Gasteiger partial charge in [0.2, 0.25) is 11.8 Å². The van der Waals surface area contributed by atoms with Crippen LogP contribution < -0.4 is 9.62 Å². The number of unbranched alkanes of at least 4 members (excludes halogenated alkanes) is 1. The number of anilines is 1. The SMILES string of the molecule is CCCCNC(=O)C(CC)N(Cc1ccc(Cl)cc1)C(=O)CN(c1ccccc1F)S(=O)(=O)c1ccccc1. The van der Waals surface area contributed by atoms with Crippen molar-refractivity contribution in [3.8, 4) is 0 Å². The number of halogens is 2. The number of rotatable bonds is 13. The number of carbonyl (C=O) groups excluding carboxylic acids is 2. The maximum Gasteiger partial charge on any atom is 0.264 e. The third-order valence-corrected chi connectivity index (χ3v) is 8.24. The Bertz CT molecular complexity index is 1350. The second-order valence-electron chi connectivity index (χ2n) is 8.99. The van der Waals surface area contributed by atoms with Gasteiger partial charge in [0.05, 0.1) is 10.6 Å². The minimum Gasteiger partial charge on any atom is -0.354 e. The van der Waals surface area contributed by atoms with Gasteiger partial charge in [-0.15, -0.1) is 0 Å². The molecule has 10 heteroatoms. The van der Waals surface area contributed by atoms with Crippen molar-refractivity contribution >= 4 is 39.1 Å². The first-order valence-electron chi connectivity index (χ1n) is 12.8. The number of hydrogen-bond acceptors (Lipinski definition) is 4. The van der Waals surface area contributed by atoms with E-state index in [1.54, 1.807) is 49.4 Å². The highest BCUT2D eigenvalue weighted by molar-refractivity contribution is 7.92. The zero-order chi connectivity index (χ0) is 28.4. The lowest BCUT2D eigenvalue weighted by atomic mass is 10.1. The summed E-state index contributed by atoms with van der Waals surface area (Å²) in [6.07, 6.45) is 1.96. The molecule has 0 aliphatic heterocycles. The molecule has 0 spiro atoms. The van der Waals surface area contributed by atoms with Crippen molar-refractivity contribution in [1.29, 1.82) is 0 Å². The van der Waals surface area contributed by atoms with Crippen LogP contribution in [0.3, 0.4) is 0 Å². The summed E-state index contributed by atoms with van der Waals surface area (Å²) in [6, 6.07) is 18.9. The predicted molar refractivity (Wildman–Crippen MR) is 151 cm³/mol. The molecule has 0 saturated heterocycles. The number of amides is 2. The van der Waals surface area contributed by atoms with E-state index in [4.69, 9.17) is 11.6 Å². The van der Waals surface area contributed by atoms with Gasteiger partial charge in [0.15, 0.2) is 0 Å². The molecule has 0 saturated carbocycles. The van der Waals surface area contributed by atoms with Crippen LogP contribution in [0.25, 0.3) is 0 Å². The van der Waals surface area contributed by atoms with Crippen LogP contribution in [0.15, 0.2) is 83.8 Å². The number of nitrogens with zero attached hydrogens (tertiary/aromatic N) is 2. The minimum absolute atomic E-state index is 0.0339. The Hall–Kier alpha value is -3.43. The average molecular weight is 574 g/mol. The van der Waals surface area contributed by atoms with Crippen molar-refractivity contribution in [3.63, 3.8) is 0 Å². The van der Waals surface area contributed by atoms with Gasteiger partial charge in [-0.05, 0) is 54.8 Å². The number of hydrogen-bond donors (Lipinski definition) is 1. The fourth-order valence-corrected chi connectivity index (χ4v) is 5.67. The fourth-order valence-electron chi connectivity index (χ4n) is 4.10. The zero-order valence-electron chi connectivity index (χ0n) is 22.0. The topological polar surface area (TPSA) is 86.8 Å². The van der Waals surface area contributed by atoms with Gasteiger partial charge in [-0.1, -0.05) is 74.3 Å². The minimum atomic E-state index is -4.33. The Kier molecular flexibility index (Phi) is 10.9. The van der Waals surface area contributed by atoms with Gasteiger partial charge in [-0.3, -0.25) is 13.9 Å². The summed E-state index contributed by atoms with van der Waals surface area (Å²) in [5.74, 6) is -1.78. The lowest BCUT2D eigenvalue weighted by Gasteiger charge is -2.33. The number of sulfonamides is 1. The van der Waals surface area contributed by atoms with Crippen LogP contribution in [0.2, 0.25) is 5.02 Å². The molecule has 0 fully saturated rings. The van der Waals surface area contributed by atoms with Crippen LogP contribution in [0.4, 0.5) is 10.1 Å². The maximum absolute atomic E-state index is 14.9. The van der Waals surface area contributed by atoms with E-state index in [2.05, 4.69) is 5.32 Å². The van der Waals surface area contributed by atoms with Gasteiger partial charge in [-0.25, -0.2) is 12.8 Å². The van der Waals surface area contributed by atoms with E-state index in [0.717, 1.165) is 23.2 Å². The summed E-state index contributed by atoms with van der Waals surface area (Å²) >= 11 is 6.03. The van der Waals surface area contributed by atoms with Gasteiger partial charge in [0.1, 0.15) is 18.4 Å². The van der Waals surface area contributed by atoms with E-state index in [1.165, 1.54) is 35.2 Å². The van der Waals surface area contributed by atoms with Crippen molar-refractivity contribution in [2.24, 2.45) is 0 Å². The van der Waals surface area contributed by atoms with Crippen molar-refractivity contribution in [2.75, 3.05) is 17.4 Å². The predicted octanol–water partition coefficient (Wildman–Crippen LogP) is 5.40. The average Bonchev–Trinajstić information content (AvgIpc) is 2.93. The third-order valence-electron chi connectivity index (χ3n) is 6.21. The quantitative estimate of drug-likeness (QED) is 0.277. The molecule has 0 heterocycles. The maximum atomic E-state index is 14.9.